The molecule has 9 nitrogen and oxygen atoms in total. The molecular formula is C31H38BrN3O6S. The monoisotopic (exact) mass is 659 g/mol. The van der Waals surface area contributed by atoms with Crippen LogP contribution < -0.4 is 19.1 Å². The van der Waals surface area contributed by atoms with E-state index in [1.165, 1.54) is 24.1 Å². The third kappa shape index (κ3) is 8.04. The molecule has 0 spiro atoms. The molecule has 0 heterocycles. The van der Waals surface area contributed by atoms with Crippen molar-refractivity contribution in [2.24, 2.45) is 0 Å². The van der Waals surface area contributed by atoms with Gasteiger partial charge in [-0.15, -0.1) is 0 Å². The largest absolute Gasteiger partial charge is 0.497 e. The van der Waals surface area contributed by atoms with Crippen LogP contribution in [-0.2, 0) is 26.2 Å². The Kier molecular flexibility index (Phi) is 11.4. The Labute approximate surface area is 257 Å². The number of aryl methyl sites for hydroxylation is 1. The van der Waals surface area contributed by atoms with E-state index in [1.54, 1.807) is 62.6 Å². The molecule has 0 saturated carbocycles. The molecule has 42 heavy (non-hydrogen) atoms. The van der Waals surface area contributed by atoms with E-state index in [1.807, 2.05) is 26.8 Å². The maximum atomic E-state index is 14.1. The highest BCUT2D eigenvalue weighted by Crippen LogP contribution is 2.31. The first-order chi connectivity index (χ1) is 19.9. The van der Waals surface area contributed by atoms with Gasteiger partial charge in [-0.2, -0.15) is 0 Å². The Morgan fingerprint density at radius 1 is 0.976 bits per heavy atom. The first-order valence-electron chi connectivity index (χ1n) is 13.6. The summed E-state index contributed by atoms with van der Waals surface area (Å²) >= 11 is 3.36. The van der Waals surface area contributed by atoms with Crippen LogP contribution >= 0.6 is 15.9 Å². The zero-order valence-electron chi connectivity index (χ0n) is 24.8. The minimum absolute atomic E-state index is 0.0227. The fourth-order valence-corrected chi connectivity index (χ4v) is 6.32. The maximum absolute atomic E-state index is 14.1. The Hall–Kier alpha value is -3.57. The number of hydrogen-bond acceptors (Lipinski definition) is 6. The van der Waals surface area contributed by atoms with Crippen molar-refractivity contribution in [2.75, 3.05) is 25.1 Å². The number of halogens is 1. The number of methoxy groups -OCH3 is 2. The third-order valence-electron chi connectivity index (χ3n) is 6.97. The van der Waals surface area contributed by atoms with Crippen LogP contribution in [0.4, 0.5) is 5.69 Å². The molecule has 2 atom stereocenters. The quantitative estimate of drug-likeness (QED) is 0.267. The van der Waals surface area contributed by atoms with Crippen LogP contribution in [0.5, 0.6) is 11.5 Å². The fourth-order valence-electron chi connectivity index (χ4n) is 4.19. The van der Waals surface area contributed by atoms with Crippen molar-refractivity contribution in [3.05, 3.63) is 82.3 Å². The molecule has 3 aromatic carbocycles. The minimum Gasteiger partial charge on any atom is -0.497 e. The lowest BCUT2D eigenvalue weighted by molar-refractivity contribution is -0.139. The average molecular weight is 661 g/mol. The van der Waals surface area contributed by atoms with Gasteiger partial charge in [0.25, 0.3) is 10.0 Å². The van der Waals surface area contributed by atoms with Crippen LogP contribution in [0.15, 0.2) is 76.1 Å². The number of carbonyl (C=O) groups is 2. The molecule has 0 aliphatic carbocycles. The average Bonchev–Trinajstić information content (AvgIpc) is 2.98. The minimum atomic E-state index is -4.22. The number of sulfonamides is 1. The summed E-state index contributed by atoms with van der Waals surface area (Å²) in [6.07, 6.45) is 0.721. The summed E-state index contributed by atoms with van der Waals surface area (Å²) in [6, 6.07) is 17.5. The van der Waals surface area contributed by atoms with Gasteiger partial charge in [-0.3, -0.25) is 13.9 Å². The van der Waals surface area contributed by atoms with Gasteiger partial charge in [0.15, 0.2) is 0 Å². The molecular weight excluding hydrogens is 622 g/mol. The summed E-state index contributed by atoms with van der Waals surface area (Å²) in [5, 5.41) is 2.93. The molecule has 3 rings (SSSR count). The zero-order chi connectivity index (χ0) is 31.0. The Morgan fingerprint density at radius 2 is 1.67 bits per heavy atom. The van der Waals surface area contributed by atoms with Crippen molar-refractivity contribution in [2.45, 2.75) is 57.6 Å². The molecule has 0 aliphatic rings. The molecule has 3 aromatic rings. The standard InChI is InChI=1S/C31H38BrN3O6S/c1-7-22(3)33-31(37)23(4)34(19-24-9-8-10-26(17-24)40-5)30(36)20-35(25-13-11-21(2)12-14-25)42(38,39)27-15-16-29(41-6)28(32)18-27/h8-18,22-23H,7,19-20H2,1-6H3,(H,33,37). The number of amides is 2. The molecule has 11 heteroatoms. The topological polar surface area (TPSA) is 105 Å². The normalized spacial score (nSPS) is 12.6. The van der Waals surface area contributed by atoms with E-state index in [2.05, 4.69) is 21.2 Å². The molecule has 1 N–H and O–H groups in total. The van der Waals surface area contributed by atoms with Gasteiger partial charge in [0.1, 0.15) is 24.1 Å². The molecule has 0 radical (unpaired) electrons. The fraction of sp³-hybridized carbons (Fsp3) is 0.355. The lowest BCUT2D eigenvalue weighted by atomic mass is 10.1. The van der Waals surface area contributed by atoms with Gasteiger partial charge >= 0.3 is 0 Å². The van der Waals surface area contributed by atoms with Gasteiger partial charge < -0.3 is 19.7 Å². The number of nitrogens with zero attached hydrogens (tertiary/aromatic N) is 2. The van der Waals surface area contributed by atoms with Gasteiger partial charge in [-0.25, -0.2) is 8.42 Å². The maximum Gasteiger partial charge on any atom is 0.264 e. The van der Waals surface area contributed by atoms with Gasteiger partial charge in [-0.05, 0) is 91.1 Å². The number of carbonyl (C=O) groups excluding carboxylic acids is 2. The highest BCUT2D eigenvalue weighted by Gasteiger charge is 2.33. The van der Waals surface area contributed by atoms with Crippen LogP contribution in [0.2, 0.25) is 0 Å². The SMILES string of the molecule is CCC(C)NC(=O)C(C)N(Cc1cccc(OC)c1)C(=O)CN(c1ccc(C)cc1)S(=O)(=O)c1ccc(OC)c(Br)c1. The molecule has 2 amide bonds. The first kappa shape index (κ1) is 32.9. The van der Waals surface area contributed by atoms with Crippen LogP contribution in [-0.4, -0.2) is 58.0 Å². The highest BCUT2D eigenvalue weighted by molar-refractivity contribution is 9.10. The van der Waals surface area contributed by atoms with E-state index in [0.717, 1.165) is 21.9 Å². The number of benzene rings is 3. The van der Waals surface area contributed by atoms with Crippen LogP contribution in [0.1, 0.15) is 38.3 Å². The van der Waals surface area contributed by atoms with Crippen molar-refractivity contribution in [1.29, 1.82) is 0 Å². The van der Waals surface area contributed by atoms with Crippen LogP contribution in [0, 0.1) is 6.92 Å². The van der Waals surface area contributed by atoms with Crippen molar-refractivity contribution in [3.63, 3.8) is 0 Å². The van der Waals surface area contributed by atoms with Gasteiger partial charge in [0.2, 0.25) is 11.8 Å². The Balaban J connectivity index is 2.05. The molecule has 226 valence electrons. The number of hydrogen-bond donors (Lipinski definition) is 1. The zero-order valence-corrected chi connectivity index (χ0v) is 27.2. The summed E-state index contributed by atoms with van der Waals surface area (Å²) in [4.78, 5) is 28.7. The van der Waals surface area contributed by atoms with Crippen molar-refractivity contribution in [1.82, 2.24) is 10.2 Å². The predicted molar refractivity (Wildman–Crippen MR) is 167 cm³/mol. The lowest BCUT2D eigenvalue weighted by Crippen LogP contribution is -2.52. The molecule has 0 aromatic heterocycles. The predicted octanol–water partition coefficient (Wildman–Crippen LogP) is 5.30. The molecule has 0 saturated heterocycles. The van der Waals surface area contributed by atoms with Crippen LogP contribution in [0.25, 0.3) is 0 Å². The van der Waals surface area contributed by atoms with E-state index in [9.17, 15) is 18.0 Å². The van der Waals surface area contributed by atoms with E-state index in [4.69, 9.17) is 9.47 Å². The Bertz CT molecular complexity index is 1500. The number of ether oxygens (including phenoxy) is 2. The van der Waals surface area contributed by atoms with Crippen LogP contribution in [0.3, 0.4) is 0 Å². The summed E-state index contributed by atoms with van der Waals surface area (Å²) in [5.41, 5.74) is 1.98. The lowest BCUT2D eigenvalue weighted by Gasteiger charge is -2.32. The molecule has 0 bridgehead atoms. The third-order valence-corrected chi connectivity index (χ3v) is 9.36. The van der Waals surface area contributed by atoms with E-state index >= 15 is 0 Å². The van der Waals surface area contributed by atoms with Crippen molar-refractivity contribution >= 4 is 43.5 Å². The van der Waals surface area contributed by atoms with Gasteiger partial charge in [0, 0.05) is 12.6 Å². The number of anilines is 1. The molecule has 2 unspecified atom stereocenters. The highest BCUT2D eigenvalue weighted by atomic mass is 79.9. The number of rotatable bonds is 13. The second-order valence-electron chi connectivity index (χ2n) is 10.0. The summed E-state index contributed by atoms with van der Waals surface area (Å²) < 4.78 is 40.2. The summed E-state index contributed by atoms with van der Waals surface area (Å²) in [6.45, 7) is 6.91. The summed E-state index contributed by atoms with van der Waals surface area (Å²) in [5.74, 6) is 0.203. The number of nitrogens with one attached hydrogen (secondary N) is 1. The Morgan fingerprint density at radius 3 is 2.26 bits per heavy atom. The second kappa shape index (κ2) is 14.6. The summed E-state index contributed by atoms with van der Waals surface area (Å²) in [7, 11) is -1.18. The molecule has 0 fully saturated rings. The first-order valence-corrected chi connectivity index (χ1v) is 15.8. The van der Waals surface area contributed by atoms with Gasteiger partial charge in [0.05, 0.1) is 29.3 Å². The molecule has 0 aliphatic heterocycles. The second-order valence-corrected chi connectivity index (χ2v) is 12.7. The van der Waals surface area contributed by atoms with E-state index in [-0.39, 0.29) is 23.4 Å². The van der Waals surface area contributed by atoms with Crippen molar-refractivity contribution in [3.8, 4) is 11.5 Å². The van der Waals surface area contributed by atoms with E-state index in [0.29, 0.717) is 21.7 Å². The van der Waals surface area contributed by atoms with E-state index < -0.39 is 28.5 Å². The van der Waals surface area contributed by atoms with Gasteiger partial charge in [-0.1, -0.05) is 36.8 Å². The van der Waals surface area contributed by atoms with Crippen molar-refractivity contribution < 1.29 is 27.5 Å². The smallest absolute Gasteiger partial charge is 0.264 e.